The maximum atomic E-state index is 13.0. The van der Waals surface area contributed by atoms with E-state index in [0.717, 1.165) is 23.5 Å². The van der Waals surface area contributed by atoms with Crippen molar-refractivity contribution >= 4 is 23.6 Å². The summed E-state index contributed by atoms with van der Waals surface area (Å²) in [6, 6.07) is 15.1. The van der Waals surface area contributed by atoms with Crippen LogP contribution in [0.15, 0.2) is 48.5 Å². The number of hydrogen-bond acceptors (Lipinski definition) is 5. The third-order valence-electron chi connectivity index (χ3n) is 6.67. The highest BCUT2D eigenvalue weighted by atomic mass is 35.5. The summed E-state index contributed by atoms with van der Waals surface area (Å²) >= 11 is 6.23. The smallest absolute Gasteiger partial charge is 0.406 e. The zero-order valence-electron chi connectivity index (χ0n) is 21.2. The fraction of sp³-hybridized carbons (Fsp3) is 0.500. The summed E-state index contributed by atoms with van der Waals surface area (Å²) < 4.78 is 11.1. The number of nitrogens with one attached hydrogen (secondary N) is 3. The van der Waals surface area contributed by atoms with Crippen LogP contribution in [-0.4, -0.2) is 51.9 Å². The highest BCUT2D eigenvalue weighted by Crippen LogP contribution is 2.29. The molecule has 196 valence electrons. The van der Waals surface area contributed by atoms with Crippen molar-refractivity contribution in [3.8, 4) is 0 Å². The third-order valence-corrected chi connectivity index (χ3v) is 6.90. The SMILES string of the molecule is CNC(=O)OCCOC(c1cccc(Cl)c1)c1cccc(C(=O)NC[C@H](CC2CCCCC2)NC)c1. The number of carbonyl (C=O) groups is 2. The summed E-state index contributed by atoms with van der Waals surface area (Å²) in [5.41, 5.74) is 2.23. The van der Waals surface area contributed by atoms with E-state index in [1.165, 1.54) is 39.2 Å². The molecule has 0 aromatic heterocycles. The molecular weight excluding hydrogens is 478 g/mol. The van der Waals surface area contributed by atoms with Gasteiger partial charge in [0.2, 0.25) is 0 Å². The summed E-state index contributed by atoms with van der Waals surface area (Å²) in [5, 5.41) is 9.46. The molecule has 2 aromatic rings. The summed E-state index contributed by atoms with van der Waals surface area (Å²) in [7, 11) is 3.46. The molecule has 2 atom stereocenters. The lowest BCUT2D eigenvalue weighted by molar-refractivity contribution is 0.0405. The average Bonchev–Trinajstić information content (AvgIpc) is 2.91. The molecule has 2 aromatic carbocycles. The van der Waals surface area contributed by atoms with Crippen LogP contribution in [0.5, 0.6) is 0 Å². The zero-order chi connectivity index (χ0) is 25.8. The Labute approximate surface area is 219 Å². The standard InChI is InChI=1S/C28H38ClN3O4/c1-30-25(16-20-8-4-3-5-9-20)19-32-27(33)23-12-6-10-21(17-23)26(22-11-7-13-24(29)18-22)35-14-15-36-28(34)31-2/h6-7,10-13,17-18,20,25-26,30H,3-5,8-9,14-16,19H2,1-2H3,(H,31,34)(H,32,33)/t25-,26?/m0/s1. The van der Waals surface area contributed by atoms with Gasteiger partial charge in [-0.3, -0.25) is 4.79 Å². The van der Waals surface area contributed by atoms with Crippen LogP contribution in [-0.2, 0) is 9.47 Å². The van der Waals surface area contributed by atoms with E-state index in [1.807, 2.05) is 43.4 Å². The summed E-state index contributed by atoms with van der Waals surface area (Å²) in [4.78, 5) is 24.4. The Kier molecular flexibility index (Phi) is 11.5. The molecule has 8 heteroatoms. The van der Waals surface area contributed by atoms with Gasteiger partial charge in [0, 0.05) is 30.2 Å². The van der Waals surface area contributed by atoms with E-state index in [0.29, 0.717) is 17.1 Å². The van der Waals surface area contributed by atoms with E-state index < -0.39 is 12.2 Å². The second-order valence-corrected chi connectivity index (χ2v) is 9.69. The largest absolute Gasteiger partial charge is 0.447 e. The van der Waals surface area contributed by atoms with Crippen molar-refractivity contribution in [3.63, 3.8) is 0 Å². The van der Waals surface area contributed by atoms with E-state index in [9.17, 15) is 9.59 Å². The zero-order valence-corrected chi connectivity index (χ0v) is 22.0. The van der Waals surface area contributed by atoms with Crippen molar-refractivity contribution in [3.05, 3.63) is 70.2 Å². The molecule has 36 heavy (non-hydrogen) atoms. The molecule has 0 aliphatic heterocycles. The van der Waals surface area contributed by atoms with Gasteiger partial charge in [-0.05, 0) is 54.8 Å². The van der Waals surface area contributed by atoms with Crippen LogP contribution in [0.2, 0.25) is 5.02 Å². The van der Waals surface area contributed by atoms with Crippen molar-refractivity contribution in [2.24, 2.45) is 5.92 Å². The number of rotatable bonds is 12. The number of alkyl carbamates (subject to hydrolysis) is 1. The Morgan fingerprint density at radius 2 is 1.72 bits per heavy atom. The molecule has 1 aliphatic rings. The summed E-state index contributed by atoms with van der Waals surface area (Å²) in [6.07, 6.45) is 6.64. The number of ether oxygens (including phenoxy) is 2. The molecule has 3 N–H and O–H groups in total. The van der Waals surface area contributed by atoms with Crippen molar-refractivity contribution < 1.29 is 19.1 Å². The topological polar surface area (TPSA) is 88.7 Å². The lowest BCUT2D eigenvalue weighted by Gasteiger charge is -2.26. The van der Waals surface area contributed by atoms with Crippen molar-refractivity contribution in [1.82, 2.24) is 16.0 Å². The van der Waals surface area contributed by atoms with Crippen LogP contribution >= 0.6 is 11.6 Å². The Bertz CT molecular complexity index is 981. The molecule has 0 radical (unpaired) electrons. The van der Waals surface area contributed by atoms with Gasteiger partial charge in [-0.25, -0.2) is 4.79 Å². The van der Waals surface area contributed by atoms with Gasteiger partial charge in [-0.15, -0.1) is 0 Å². The molecule has 3 rings (SSSR count). The predicted molar refractivity (Wildman–Crippen MR) is 142 cm³/mol. The monoisotopic (exact) mass is 515 g/mol. The van der Waals surface area contributed by atoms with Crippen LogP contribution in [0, 0.1) is 5.92 Å². The van der Waals surface area contributed by atoms with Crippen LogP contribution in [0.4, 0.5) is 4.79 Å². The molecule has 1 aliphatic carbocycles. The number of carbonyl (C=O) groups excluding carboxylic acids is 2. The minimum absolute atomic E-state index is 0.101. The van der Waals surface area contributed by atoms with E-state index in [2.05, 4.69) is 16.0 Å². The summed E-state index contributed by atoms with van der Waals surface area (Å²) in [6.45, 7) is 0.871. The van der Waals surface area contributed by atoms with Gasteiger partial charge in [-0.2, -0.15) is 0 Å². The quantitative estimate of drug-likeness (QED) is 0.343. The van der Waals surface area contributed by atoms with Gasteiger partial charge in [0.25, 0.3) is 5.91 Å². The number of benzene rings is 2. The first-order valence-corrected chi connectivity index (χ1v) is 13.1. The van der Waals surface area contributed by atoms with Gasteiger partial charge in [0.15, 0.2) is 0 Å². The maximum Gasteiger partial charge on any atom is 0.406 e. The van der Waals surface area contributed by atoms with Gasteiger partial charge in [0.1, 0.15) is 12.7 Å². The number of amides is 2. The molecule has 0 spiro atoms. The van der Waals surface area contributed by atoms with Crippen LogP contribution in [0.25, 0.3) is 0 Å². The third kappa shape index (κ3) is 8.80. The molecule has 0 saturated heterocycles. The van der Waals surface area contributed by atoms with Crippen molar-refractivity contribution in [2.45, 2.75) is 50.7 Å². The molecule has 0 heterocycles. The second kappa shape index (κ2) is 14.8. The average molecular weight is 516 g/mol. The normalized spacial score (nSPS) is 15.6. The second-order valence-electron chi connectivity index (χ2n) is 9.25. The number of halogens is 1. The van der Waals surface area contributed by atoms with E-state index in [4.69, 9.17) is 21.1 Å². The first-order chi connectivity index (χ1) is 17.5. The Balaban J connectivity index is 1.66. The first kappa shape index (κ1) is 28.0. The van der Waals surface area contributed by atoms with Crippen LogP contribution in [0.3, 0.4) is 0 Å². The number of hydrogen-bond donors (Lipinski definition) is 3. The van der Waals surface area contributed by atoms with Crippen molar-refractivity contribution in [1.29, 1.82) is 0 Å². The van der Waals surface area contributed by atoms with E-state index in [-0.39, 0.29) is 25.2 Å². The van der Waals surface area contributed by atoms with Crippen LogP contribution in [0.1, 0.15) is 66.1 Å². The molecule has 2 amide bonds. The fourth-order valence-corrected chi connectivity index (χ4v) is 4.92. The molecular formula is C28H38ClN3O4. The van der Waals surface area contributed by atoms with Crippen molar-refractivity contribution in [2.75, 3.05) is 33.9 Å². The Hall–Kier alpha value is -2.61. The summed E-state index contributed by atoms with van der Waals surface area (Å²) in [5.74, 6) is 0.618. The molecule has 7 nitrogen and oxygen atoms in total. The predicted octanol–water partition coefficient (Wildman–Crippen LogP) is 5.09. The van der Waals surface area contributed by atoms with E-state index in [1.54, 1.807) is 12.1 Å². The molecule has 1 fully saturated rings. The highest BCUT2D eigenvalue weighted by molar-refractivity contribution is 6.30. The Morgan fingerprint density at radius 3 is 2.42 bits per heavy atom. The first-order valence-electron chi connectivity index (χ1n) is 12.8. The minimum atomic E-state index is -0.514. The van der Waals surface area contributed by atoms with Gasteiger partial charge in [-0.1, -0.05) is 68.0 Å². The molecule has 1 saturated carbocycles. The molecule has 0 bridgehead atoms. The van der Waals surface area contributed by atoms with Crippen LogP contribution < -0.4 is 16.0 Å². The minimum Gasteiger partial charge on any atom is -0.447 e. The molecule has 1 unspecified atom stereocenters. The highest BCUT2D eigenvalue weighted by Gasteiger charge is 2.20. The van der Waals surface area contributed by atoms with Gasteiger partial charge < -0.3 is 25.4 Å². The lowest BCUT2D eigenvalue weighted by atomic mass is 9.85. The van der Waals surface area contributed by atoms with Gasteiger partial charge >= 0.3 is 6.09 Å². The number of likely N-dealkylation sites (N-methyl/N-ethyl adjacent to an activating group) is 1. The fourth-order valence-electron chi connectivity index (χ4n) is 4.72. The maximum absolute atomic E-state index is 13.0. The van der Waals surface area contributed by atoms with Gasteiger partial charge in [0.05, 0.1) is 6.61 Å². The van der Waals surface area contributed by atoms with E-state index >= 15 is 0 Å². The lowest BCUT2D eigenvalue weighted by Crippen LogP contribution is -2.40. The Morgan fingerprint density at radius 1 is 1.00 bits per heavy atom.